The molecule has 0 spiro atoms. The molecule has 0 saturated heterocycles. The number of ketones is 1. The van der Waals surface area contributed by atoms with E-state index in [0.717, 1.165) is 53.5 Å². The van der Waals surface area contributed by atoms with Crippen molar-refractivity contribution < 1.29 is 19.7 Å². The van der Waals surface area contributed by atoms with Crippen molar-refractivity contribution in [3.8, 4) is 17.2 Å². The molecule has 46 heavy (non-hydrogen) atoms. The summed E-state index contributed by atoms with van der Waals surface area (Å²) < 4.78 is 5.93. The average Bonchev–Trinajstić information content (AvgIpc) is 3.06. The summed E-state index contributed by atoms with van der Waals surface area (Å²) in [5.74, 6) is 1.48. The monoisotopic (exact) mass is 620 g/mol. The number of unbranched alkanes of at least 4 members (excludes halogenated alkanes) is 1. The highest BCUT2D eigenvalue weighted by Crippen LogP contribution is 2.28. The van der Waals surface area contributed by atoms with Crippen molar-refractivity contribution in [2.24, 2.45) is 17.4 Å². The maximum Gasteiger partial charge on any atom is 0.161 e. The summed E-state index contributed by atoms with van der Waals surface area (Å²) in [6.45, 7) is 2.66. The van der Waals surface area contributed by atoms with E-state index in [-0.39, 0.29) is 17.3 Å². The number of aromatic hydroxyl groups is 2. The molecule has 1 unspecified atom stereocenters. The zero-order chi connectivity index (χ0) is 32.7. The van der Waals surface area contributed by atoms with Gasteiger partial charge in [0.15, 0.2) is 17.3 Å². The van der Waals surface area contributed by atoms with Gasteiger partial charge in [0.05, 0.1) is 12.8 Å². The van der Waals surface area contributed by atoms with E-state index in [1.54, 1.807) is 18.2 Å². The van der Waals surface area contributed by atoms with E-state index in [1.807, 2.05) is 54.6 Å². The number of hydrogen-bond acceptors (Lipinski definition) is 6. The Morgan fingerprint density at radius 2 is 1.48 bits per heavy atom. The lowest BCUT2D eigenvalue weighted by Gasteiger charge is -2.12. The van der Waals surface area contributed by atoms with Crippen LogP contribution in [0.3, 0.4) is 0 Å². The first-order valence-electron chi connectivity index (χ1n) is 16.4. The number of carbonyl (C=O) groups excluding carboxylic acids is 1. The van der Waals surface area contributed by atoms with Gasteiger partial charge in [-0.25, -0.2) is 0 Å². The van der Waals surface area contributed by atoms with E-state index in [1.165, 1.54) is 12.0 Å². The number of hydrogen-bond donors (Lipinski definition) is 4. The van der Waals surface area contributed by atoms with Crippen LogP contribution in [-0.4, -0.2) is 22.6 Å². The standard InChI is InChI=1S/C40H48N2O4/c1-29(12-13-30-9-5-3-6-10-30)8-4-2-7-11-36(43)21-16-32-18-23-38(45)39(28-32)46-25-24-33-17-22-37(44)35(27-33)26-31-14-19-34(20-15-31)40(41)42/h3,5-7,9-11,14-15,17-20,22-23,27-29,40,44-45H,2,4,8,12-13,16,21,24-26,41-42H2,1H3. The van der Waals surface area contributed by atoms with Gasteiger partial charge in [0.1, 0.15) is 5.75 Å². The third-order valence-corrected chi connectivity index (χ3v) is 8.38. The number of phenols is 2. The summed E-state index contributed by atoms with van der Waals surface area (Å²) in [5, 5.41) is 20.8. The van der Waals surface area contributed by atoms with E-state index in [4.69, 9.17) is 16.2 Å². The van der Waals surface area contributed by atoms with Gasteiger partial charge in [-0.15, -0.1) is 0 Å². The molecule has 0 aromatic heterocycles. The molecule has 4 aromatic carbocycles. The first-order valence-corrected chi connectivity index (χ1v) is 16.4. The van der Waals surface area contributed by atoms with Crippen LogP contribution >= 0.6 is 0 Å². The van der Waals surface area contributed by atoms with Gasteiger partial charge in [-0.3, -0.25) is 4.79 Å². The summed E-state index contributed by atoms with van der Waals surface area (Å²) in [6, 6.07) is 29.2. The van der Waals surface area contributed by atoms with Gasteiger partial charge in [-0.05, 0) is 95.7 Å². The molecule has 6 nitrogen and oxygen atoms in total. The second-order valence-corrected chi connectivity index (χ2v) is 12.2. The van der Waals surface area contributed by atoms with Crippen LogP contribution < -0.4 is 16.2 Å². The van der Waals surface area contributed by atoms with Gasteiger partial charge in [-0.1, -0.05) is 92.2 Å². The molecule has 0 aliphatic heterocycles. The Morgan fingerprint density at radius 1 is 0.783 bits per heavy atom. The van der Waals surface area contributed by atoms with Crippen molar-refractivity contribution in [1.29, 1.82) is 0 Å². The van der Waals surface area contributed by atoms with Crippen molar-refractivity contribution >= 4 is 5.78 Å². The van der Waals surface area contributed by atoms with E-state index in [9.17, 15) is 15.0 Å². The van der Waals surface area contributed by atoms with Crippen LogP contribution in [0.1, 0.15) is 78.6 Å². The zero-order valence-electron chi connectivity index (χ0n) is 26.9. The lowest BCUT2D eigenvalue weighted by molar-refractivity contribution is -0.114. The van der Waals surface area contributed by atoms with Crippen molar-refractivity contribution in [1.82, 2.24) is 0 Å². The topological polar surface area (TPSA) is 119 Å². The molecule has 0 aliphatic rings. The summed E-state index contributed by atoms with van der Waals surface area (Å²) in [7, 11) is 0. The number of benzene rings is 4. The van der Waals surface area contributed by atoms with Crippen molar-refractivity contribution in [2.75, 3.05) is 6.61 Å². The second kappa shape index (κ2) is 17.9. The minimum Gasteiger partial charge on any atom is -0.508 e. The van der Waals surface area contributed by atoms with Crippen molar-refractivity contribution in [3.63, 3.8) is 0 Å². The highest BCUT2D eigenvalue weighted by Gasteiger charge is 2.09. The zero-order valence-corrected chi connectivity index (χ0v) is 26.9. The Kier molecular flexibility index (Phi) is 13.4. The Morgan fingerprint density at radius 3 is 2.22 bits per heavy atom. The largest absolute Gasteiger partial charge is 0.508 e. The SMILES string of the molecule is CC(CCCC=CC(=O)CCc1ccc(O)c(OCCc2ccc(O)c(Cc3ccc(C(N)N)cc3)c2)c1)CCc1ccccc1. The molecule has 1 atom stereocenters. The molecule has 0 amide bonds. The fourth-order valence-corrected chi connectivity index (χ4v) is 5.47. The van der Waals surface area contributed by atoms with Crippen LogP contribution in [0.15, 0.2) is 103 Å². The predicted molar refractivity (Wildman–Crippen MR) is 186 cm³/mol. The molecule has 0 saturated carbocycles. The molecule has 4 rings (SSSR count). The first-order chi connectivity index (χ1) is 22.3. The summed E-state index contributed by atoms with van der Waals surface area (Å²) in [5.41, 5.74) is 17.5. The first kappa shape index (κ1) is 34.5. The van der Waals surface area contributed by atoms with Crippen LogP contribution in [0, 0.1) is 5.92 Å². The Labute approximate surface area is 273 Å². The highest BCUT2D eigenvalue weighted by molar-refractivity contribution is 5.89. The van der Waals surface area contributed by atoms with Gasteiger partial charge in [0.2, 0.25) is 0 Å². The number of rotatable bonds is 18. The van der Waals surface area contributed by atoms with E-state index in [0.29, 0.717) is 44.0 Å². The maximum absolute atomic E-state index is 12.5. The number of allylic oxidation sites excluding steroid dienone is 2. The molecule has 242 valence electrons. The number of aryl methyl sites for hydroxylation is 2. The fraction of sp³-hybridized carbons (Fsp3) is 0.325. The quantitative estimate of drug-likeness (QED) is 0.0514. The second-order valence-electron chi connectivity index (χ2n) is 12.2. The van der Waals surface area contributed by atoms with Crippen LogP contribution in [0.2, 0.25) is 0 Å². The Bertz CT molecular complexity index is 1550. The van der Waals surface area contributed by atoms with Gasteiger partial charge >= 0.3 is 0 Å². The lowest BCUT2D eigenvalue weighted by Crippen LogP contribution is -2.19. The predicted octanol–water partition coefficient (Wildman–Crippen LogP) is 7.72. The number of ether oxygens (including phenoxy) is 1. The van der Waals surface area contributed by atoms with E-state index < -0.39 is 6.17 Å². The van der Waals surface area contributed by atoms with Gasteiger partial charge in [-0.2, -0.15) is 0 Å². The number of nitrogens with two attached hydrogens (primary N) is 2. The summed E-state index contributed by atoms with van der Waals surface area (Å²) in [4.78, 5) is 12.5. The Balaban J connectivity index is 1.17. The van der Waals surface area contributed by atoms with Gasteiger partial charge in [0, 0.05) is 19.3 Å². The van der Waals surface area contributed by atoms with Crippen LogP contribution in [-0.2, 0) is 30.5 Å². The van der Waals surface area contributed by atoms with Crippen molar-refractivity contribution in [3.05, 3.63) is 137 Å². The molecule has 0 heterocycles. The molecule has 0 aliphatic carbocycles. The molecule has 0 bridgehead atoms. The molecule has 6 N–H and O–H groups in total. The average molecular weight is 621 g/mol. The summed E-state index contributed by atoms with van der Waals surface area (Å²) in [6.07, 6.45) is 10.8. The van der Waals surface area contributed by atoms with Crippen LogP contribution in [0.25, 0.3) is 0 Å². The van der Waals surface area contributed by atoms with Gasteiger partial charge < -0.3 is 26.4 Å². The van der Waals surface area contributed by atoms with Crippen molar-refractivity contribution in [2.45, 2.75) is 70.9 Å². The van der Waals surface area contributed by atoms with Gasteiger partial charge in [0.25, 0.3) is 0 Å². The molecule has 0 fully saturated rings. The third kappa shape index (κ3) is 11.5. The normalized spacial score (nSPS) is 12.1. The minimum absolute atomic E-state index is 0.0695. The molecule has 4 aromatic rings. The van der Waals surface area contributed by atoms with E-state index in [2.05, 4.69) is 37.3 Å². The molecule has 6 heteroatoms. The van der Waals surface area contributed by atoms with Crippen LogP contribution in [0.4, 0.5) is 0 Å². The molecular weight excluding hydrogens is 572 g/mol. The third-order valence-electron chi connectivity index (χ3n) is 8.38. The summed E-state index contributed by atoms with van der Waals surface area (Å²) >= 11 is 0. The Hall–Kier alpha value is -4.39. The number of carbonyl (C=O) groups is 1. The molecular formula is C40H48N2O4. The van der Waals surface area contributed by atoms with E-state index >= 15 is 0 Å². The van der Waals surface area contributed by atoms with Crippen LogP contribution in [0.5, 0.6) is 17.2 Å². The fourth-order valence-electron chi connectivity index (χ4n) is 5.47. The molecule has 0 radical (unpaired) electrons. The number of phenolic OH excluding ortho intramolecular Hbond substituents is 2. The lowest BCUT2D eigenvalue weighted by atomic mass is 9.96. The minimum atomic E-state index is -0.513. The maximum atomic E-state index is 12.5. The smallest absolute Gasteiger partial charge is 0.161 e. The highest BCUT2D eigenvalue weighted by atomic mass is 16.5.